The Morgan fingerprint density at radius 2 is 2.14 bits per heavy atom. The Hall–Kier alpha value is -1.08. The highest BCUT2D eigenvalue weighted by Gasteiger charge is 2.11. The number of rotatable bonds is 5. The number of halogens is 2. The van der Waals surface area contributed by atoms with Crippen LogP contribution in [0.1, 0.15) is 19.4 Å². The number of nitrogens with zero attached hydrogens (tertiary/aromatic N) is 1. The predicted molar refractivity (Wildman–Crippen MR) is 90.5 cm³/mol. The number of phenolic OH excluding ortho intramolecular Hbond substituents is 1. The van der Waals surface area contributed by atoms with E-state index in [1.54, 1.807) is 20.1 Å². The van der Waals surface area contributed by atoms with Gasteiger partial charge in [-0.3, -0.25) is 5.43 Å². The molecule has 116 valence electrons. The van der Waals surface area contributed by atoms with E-state index in [1.165, 1.54) is 6.07 Å². The standard InChI is InChI=1S/C13H17Cl2N3O2S/c1-7(6-20-3)16-13(21)18-17-8(2)10-4-9(14)5-11(15)12(10)19/h4-5,7,19H,6H2,1-3H3,(H2,16,18,21)/b17-8+/t7-/m0/s1. The molecule has 21 heavy (non-hydrogen) atoms. The third-order valence-electron chi connectivity index (χ3n) is 2.54. The number of benzene rings is 1. The molecule has 0 spiro atoms. The molecule has 0 unspecified atom stereocenters. The van der Waals surface area contributed by atoms with E-state index in [1.807, 2.05) is 6.92 Å². The van der Waals surface area contributed by atoms with Crippen LogP contribution in [0.2, 0.25) is 10.0 Å². The number of thiocarbonyl (C=S) groups is 1. The fraction of sp³-hybridized carbons (Fsp3) is 0.385. The minimum Gasteiger partial charge on any atom is -0.506 e. The van der Waals surface area contributed by atoms with E-state index in [-0.39, 0.29) is 16.8 Å². The van der Waals surface area contributed by atoms with Gasteiger partial charge in [-0.15, -0.1) is 0 Å². The van der Waals surface area contributed by atoms with Crippen LogP contribution in [0.5, 0.6) is 5.75 Å². The maximum absolute atomic E-state index is 9.91. The number of nitrogens with one attached hydrogen (secondary N) is 2. The van der Waals surface area contributed by atoms with Crippen molar-refractivity contribution in [2.45, 2.75) is 19.9 Å². The van der Waals surface area contributed by atoms with Crippen LogP contribution in [0.3, 0.4) is 0 Å². The van der Waals surface area contributed by atoms with Gasteiger partial charge in [0.15, 0.2) is 5.11 Å². The van der Waals surface area contributed by atoms with Crippen molar-refractivity contribution < 1.29 is 9.84 Å². The lowest BCUT2D eigenvalue weighted by atomic mass is 10.1. The van der Waals surface area contributed by atoms with Crippen molar-refractivity contribution in [1.29, 1.82) is 0 Å². The first-order valence-electron chi connectivity index (χ1n) is 6.13. The van der Waals surface area contributed by atoms with Crippen LogP contribution in [-0.4, -0.2) is 35.7 Å². The van der Waals surface area contributed by atoms with Gasteiger partial charge in [-0.25, -0.2) is 0 Å². The molecule has 0 bridgehead atoms. The molecule has 1 atom stereocenters. The number of ether oxygens (including phenoxy) is 1. The van der Waals surface area contributed by atoms with Crippen LogP contribution in [0, 0.1) is 0 Å². The van der Waals surface area contributed by atoms with Crippen molar-refractivity contribution in [3.05, 3.63) is 27.7 Å². The van der Waals surface area contributed by atoms with Gasteiger partial charge < -0.3 is 15.2 Å². The van der Waals surface area contributed by atoms with Crippen LogP contribution in [0.15, 0.2) is 17.2 Å². The fourth-order valence-electron chi connectivity index (χ4n) is 1.58. The number of phenols is 1. The second kappa shape index (κ2) is 8.38. The van der Waals surface area contributed by atoms with Gasteiger partial charge in [0, 0.05) is 23.7 Å². The summed E-state index contributed by atoms with van der Waals surface area (Å²) >= 11 is 16.9. The molecule has 0 saturated heterocycles. The summed E-state index contributed by atoms with van der Waals surface area (Å²) in [5.41, 5.74) is 3.63. The second-order valence-corrected chi connectivity index (χ2v) is 5.67. The maximum Gasteiger partial charge on any atom is 0.187 e. The molecule has 3 N–H and O–H groups in total. The topological polar surface area (TPSA) is 65.9 Å². The van der Waals surface area contributed by atoms with E-state index < -0.39 is 0 Å². The molecular weight excluding hydrogens is 333 g/mol. The Balaban J connectivity index is 2.75. The van der Waals surface area contributed by atoms with Crippen molar-refractivity contribution in [2.75, 3.05) is 13.7 Å². The van der Waals surface area contributed by atoms with Crippen molar-refractivity contribution in [3.63, 3.8) is 0 Å². The van der Waals surface area contributed by atoms with Crippen LogP contribution in [0.25, 0.3) is 0 Å². The van der Waals surface area contributed by atoms with Crippen LogP contribution >= 0.6 is 35.4 Å². The first-order valence-corrected chi connectivity index (χ1v) is 7.29. The Morgan fingerprint density at radius 3 is 2.76 bits per heavy atom. The summed E-state index contributed by atoms with van der Waals surface area (Å²) in [6, 6.07) is 3.09. The number of aromatic hydroxyl groups is 1. The number of hydrogen-bond acceptors (Lipinski definition) is 4. The van der Waals surface area contributed by atoms with Gasteiger partial charge in [0.05, 0.1) is 17.3 Å². The quantitative estimate of drug-likeness (QED) is 0.433. The lowest BCUT2D eigenvalue weighted by Crippen LogP contribution is -2.40. The van der Waals surface area contributed by atoms with E-state index in [4.69, 9.17) is 40.2 Å². The first-order chi connectivity index (χ1) is 9.85. The zero-order chi connectivity index (χ0) is 16.0. The monoisotopic (exact) mass is 349 g/mol. The zero-order valence-corrected chi connectivity index (χ0v) is 14.2. The van der Waals surface area contributed by atoms with Gasteiger partial charge in [0.2, 0.25) is 0 Å². The molecule has 0 saturated carbocycles. The molecule has 0 aliphatic heterocycles. The fourth-order valence-corrected chi connectivity index (χ4v) is 2.32. The molecule has 1 aromatic rings. The van der Waals surface area contributed by atoms with Crippen molar-refractivity contribution in [1.82, 2.24) is 10.7 Å². The number of hydrogen-bond donors (Lipinski definition) is 3. The van der Waals surface area contributed by atoms with E-state index in [9.17, 15) is 5.11 Å². The largest absolute Gasteiger partial charge is 0.506 e. The normalized spacial score (nSPS) is 12.9. The van der Waals surface area contributed by atoms with Crippen molar-refractivity contribution >= 4 is 46.2 Å². The molecule has 0 heterocycles. The second-order valence-electron chi connectivity index (χ2n) is 4.42. The highest BCUT2D eigenvalue weighted by molar-refractivity contribution is 7.80. The average molecular weight is 350 g/mol. The molecule has 5 nitrogen and oxygen atoms in total. The lowest BCUT2D eigenvalue weighted by Gasteiger charge is -2.14. The molecule has 1 rings (SSSR count). The Kier molecular flexibility index (Phi) is 7.17. The molecule has 0 aliphatic rings. The third-order valence-corrected chi connectivity index (χ3v) is 3.25. The predicted octanol–water partition coefficient (Wildman–Crippen LogP) is 2.92. The highest BCUT2D eigenvalue weighted by atomic mass is 35.5. The van der Waals surface area contributed by atoms with Gasteiger partial charge in [-0.2, -0.15) is 5.10 Å². The summed E-state index contributed by atoms with van der Waals surface area (Å²) in [5, 5.41) is 17.9. The first kappa shape index (κ1) is 18.0. The summed E-state index contributed by atoms with van der Waals surface area (Å²) < 4.78 is 4.99. The third kappa shape index (κ3) is 5.67. The smallest absolute Gasteiger partial charge is 0.187 e. The van der Waals surface area contributed by atoms with Gasteiger partial charge in [0.25, 0.3) is 0 Å². The molecule has 8 heteroatoms. The molecule has 0 aromatic heterocycles. The SMILES string of the molecule is COC[C@H](C)NC(=S)N/N=C(\C)c1cc(Cl)cc(Cl)c1O. The molecule has 0 radical (unpaired) electrons. The molecular formula is C13H17Cl2N3O2S. The van der Waals surface area contributed by atoms with E-state index >= 15 is 0 Å². The number of hydrazone groups is 1. The maximum atomic E-state index is 9.91. The number of methoxy groups -OCH3 is 1. The van der Waals surface area contributed by atoms with Crippen LogP contribution in [0.4, 0.5) is 0 Å². The molecule has 0 fully saturated rings. The molecule has 1 aromatic carbocycles. The summed E-state index contributed by atoms with van der Waals surface area (Å²) in [4.78, 5) is 0. The molecule has 0 amide bonds. The van der Waals surface area contributed by atoms with E-state index in [0.717, 1.165) is 0 Å². The van der Waals surface area contributed by atoms with E-state index in [0.29, 0.717) is 28.0 Å². The van der Waals surface area contributed by atoms with Gasteiger partial charge in [-0.1, -0.05) is 23.2 Å². The lowest BCUT2D eigenvalue weighted by molar-refractivity contribution is 0.179. The van der Waals surface area contributed by atoms with Crippen molar-refractivity contribution in [3.8, 4) is 5.75 Å². The Bertz CT molecular complexity index is 552. The van der Waals surface area contributed by atoms with E-state index in [2.05, 4.69) is 15.8 Å². The van der Waals surface area contributed by atoms with Crippen LogP contribution in [-0.2, 0) is 4.74 Å². The summed E-state index contributed by atoms with van der Waals surface area (Å²) in [6.07, 6.45) is 0. The Morgan fingerprint density at radius 1 is 1.48 bits per heavy atom. The van der Waals surface area contributed by atoms with Crippen molar-refractivity contribution in [2.24, 2.45) is 5.10 Å². The van der Waals surface area contributed by atoms with Gasteiger partial charge in [0.1, 0.15) is 5.75 Å². The molecule has 0 aliphatic carbocycles. The zero-order valence-electron chi connectivity index (χ0n) is 11.9. The minimum atomic E-state index is -0.0734. The van der Waals surface area contributed by atoms with Crippen LogP contribution < -0.4 is 10.7 Å². The Labute approximate surface area is 139 Å². The summed E-state index contributed by atoms with van der Waals surface area (Å²) in [5.74, 6) is -0.0734. The average Bonchev–Trinajstić information content (AvgIpc) is 2.40. The highest BCUT2D eigenvalue weighted by Crippen LogP contribution is 2.31. The van der Waals surface area contributed by atoms with Gasteiger partial charge in [-0.05, 0) is 38.2 Å². The minimum absolute atomic E-state index is 0.0551. The van der Waals surface area contributed by atoms with Gasteiger partial charge >= 0.3 is 0 Å². The summed E-state index contributed by atoms with van der Waals surface area (Å²) in [6.45, 7) is 4.15. The summed E-state index contributed by atoms with van der Waals surface area (Å²) in [7, 11) is 1.61.